The van der Waals surface area contributed by atoms with E-state index in [-0.39, 0.29) is 11.0 Å². The Kier molecular flexibility index (Phi) is 8.54. The molecule has 11 heteroatoms. The lowest BCUT2D eigenvalue weighted by molar-refractivity contribution is -0.114. The Morgan fingerprint density at radius 3 is 2.10 bits per heavy atom. The fraction of sp³-hybridized carbons (Fsp3) is 0.167. The minimum Gasteiger partial charge on any atom is -0.339 e. The zero-order chi connectivity index (χ0) is 21.6. The molecule has 2 aromatic carbocycles. The topological polar surface area (TPSA) is 82.3 Å². The molecule has 0 unspecified atom stereocenters. The first-order valence-corrected chi connectivity index (χ1v) is 10.5. The molecular weight excluding hydrogens is 523 g/mol. The lowest BCUT2D eigenvalue weighted by Gasteiger charge is -2.27. The van der Waals surface area contributed by atoms with E-state index in [1.807, 2.05) is 0 Å². The van der Waals surface area contributed by atoms with Gasteiger partial charge in [-0.1, -0.05) is 56.8 Å². The summed E-state index contributed by atoms with van der Waals surface area (Å²) in [6, 6.07) is 13.6. The number of benzene rings is 2. The van der Waals surface area contributed by atoms with Crippen LogP contribution < -0.4 is 21.3 Å². The second-order valence-electron chi connectivity index (χ2n) is 5.82. The van der Waals surface area contributed by atoms with Crippen LogP contribution in [0.3, 0.4) is 0 Å². The second-order valence-corrected chi connectivity index (χ2v) is 9.51. The molecule has 0 aliphatic heterocycles. The van der Waals surface area contributed by atoms with Crippen molar-refractivity contribution >= 4 is 91.3 Å². The van der Waals surface area contributed by atoms with Crippen LogP contribution in [-0.4, -0.2) is 26.9 Å². The predicted molar refractivity (Wildman–Crippen MR) is 126 cm³/mol. The maximum atomic E-state index is 12.5. The van der Waals surface area contributed by atoms with E-state index >= 15 is 0 Å². The Morgan fingerprint density at radius 1 is 1.00 bits per heavy atom. The maximum Gasteiger partial charge on any atom is 0.253 e. The van der Waals surface area contributed by atoms with Gasteiger partial charge in [0.05, 0.1) is 0 Å². The van der Waals surface area contributed by atoms with E-state index in [1.54, 1.807) is 48.5 Å². The number of carbonyl (C=O) groups excluding carboxylic acids is 2. The molecule has 0 fully saturated rings. The number of anilines is 2. The summed E-state index contributed by atoms with van der Waals surface area (Å²) < 4.78 is -1.13. The highest BCUT2D eigenvalue weighted by atomic mass is 79.9. The van der Waals surface area contributed by atoms with E-state index in [2.05, 4.69) is 37.2 Å². The van der Waals surface area contributed by atoms with Crippen LogP contribution >= 0.6 is 63.0 Å². The van der Waals surface area contributed by atoms with Crippen molar-refractivity contribution in [3.8, 4) is 0 Å². The number of thiocarbonyl (C=S) groups is 1. The molecule has 2 aromatic rings. The van der Waals surface area contributed by atoms with Gasteiger partial charge in [0.2, 0.25) is 9.70 Å². The number of halogens is 4. The average molecular weight is 539 g/mol. The van der Waals surface area contributed by atoms with Crippen molar-refractivity contribution in [2.45, 2.75) is 16.9 Å². The number of amides is 2. The van der Waals surface area contributed by atoms with E-state index < -0.39 is 15.9 Å². The molecule has 0 aromatic heterocycles. The first-order chi connectivity index (χ1) is 13.5. The molecular formula is C18H16BrCl3N4O2S. The summed E-state index contributed by atoms with van der Waals surface area (Å²) in [7, 11) is 0. The number of hydrogen-bond acceptors (Lipinski definition) is 3. The molecule has 0 heterocycles. The molecule has 0 spiro atoms. The molecule has 0 radical (unpaired) electrons. The number of rotatable bonds is 5. The van der Waals surface area contributed by atoms with Gasteiger partial charge in [0.1, 0.15) is 6.17 Å². The first kappa shape index (κ1) is 23.7. The van der Waals surface area contributed by atoms with Crippen molar-refractivity contribution in [1.82, 2.24) is 10.6 Å². The lowest BCUT2D eigenvalue weighted by atomic mass is 10.2. The molecule has 0 aliphatic rings. The molecule has 1 atom stereocenters. The van der Waals surface area contributed by atoms with Gasteiger partial charge in [-0.25, -0.2) is 0 Å². The van der Waals surface area contributed by atoms with Gasteiger partial charge in [-0.15, -0.1) is 0 Å². The maximum absolute atomic E-state index is 12.5. The Morgan fingerprint density at radius 2 is 1.59 bits per heavy atom. The van der Waals surface area contributed by atoms with E-state index in [0.717, 1.165) is 4.47 Å². The third kappa shape index (κ3) is 7.98. The summed E-state index contributed by atoms with van der Waals surface area (Å²) in [5, 5.41) is 11.1. The molecule has 154 valence electrons. The van der Waals surface area contributed by atoms with Gasteiger partial charge in [0.15, 0.2) is 5.11 Å². The SMILES string of the molecule is CC(=O)Nc1ccc(NC(=S)N[C@@H](NC(=O)c2cccc(Br)c2)C(Cl)(Cl)Cl)cc1. The summed E-state index contributed by atoms with van der Waals surface area (Å²) in [6.45, 7) is 1.42. The molecule has 2 amide bonds. The van der Waals surface area contributed by atoms with Gasteiger partial charge in [0, 0.05) is 28.3 Å². The van der Waals surface area contributed by atoms with E-state index in [4.69, 9.17) is 47.0 Å². The Labute approximate surface area is 196 Å². The largest absolute Gasteiger partial charge is 0.339 e. The normalized spacial score (nSPS) is 11.9. The highest BCUT2D eigenvalue weighted by Crippen LogP contribution is 2.29. The van der Waals surface area contributed by atoms with Crippen LogP contribution in [0.1, 0.15) is 17.3 Å². The van der Waals surface area contributed by atoms with Gasteiger partial charge in [-0.05, 0) is 54.7 Å². The molecule has 29 heavy (non-hydrogen) atoms. The third-order valence-corrected chi connectivity index (χ3v) is 4.80. The summed E-state index contributed by atoms with van der Waals surface area (Å²) in [4.78, 5) is 23.5. The Balaban J connectivity index is 2.03. The summed E-state index contributed by atoms with van der Waals surface area (Å²) in [6.07, 6.45) is -1.10. The van der Waals surface area contributed by atoms with Crippen LogP contribution in [0, 0.1) is 0 Å². The zero-order valence-corrected chi connectivity index (χ0v) is 19.6. The minimum absolute atomic E-state index is 0.128. The highest BCUT2D eigenvalue weighted by molar-refractivity contribution is 9.10. The zero-order valence-electron chi connectivity index (χ0n) is 14.9. The fourth-order valence-electron chi connectivity index (χ4n) is 2.18. The molecule has 0 bridgehead atoms. The van der Waals surface area contributed by atoms with Crippen LogP contribution in [0.15, 0.2) is 53.0 Å². The van der Waals surface area contributed by atoms with Crippen molar-refractivity contribution in [2.75, 3.05) is 10.6 Å². The van der Waals surface area contributed by atoms with Crippen LogP contribution in [0.4, 0.5) is 11.4 Å². The quantitative estimate of drug-likeness (QED) is 0.249. The van der Waals surface area contributed by atoms with Gasteiger partial charge >= 0.3 is 0 Å². The number of hydrogen-bond donors (Lipinski definition) is 4. The van der Waals surface area contributed by atoms with Crippen LogP contribution in [0.5, 0.6) is 0 Å². The highest BCUT2D eigenvalue weighted by Gasteiger charge is 2.34. The van der Waals surface area contributed by atoms with Gasteiger partial charge in [0.25, 0.3) is 5.91 Å². The first-order valence-electron chi connectivity index (χ1n) is 8.13. The summed E-state index contributed by atoms with van der Waals surface area (Å²) in [5.74, 6) is -0.618. The van der Waals surface area contributed by atoms with Crippen molar-refractivity contribution in [3.05, 3.63) is 58.6 Å². The second kappa shape index (κ2) is 10.4. The van der Waals surface area contributed by atoms with Crippen molar-refractivity contribution in [1.29, 1.82) is 0 Å². The number of nitrogens with one attached hydrogen (secondary N) is 4. The van der Waals surface area contributed by atoms with Crippen molar-refractivity contribution in [3.63, 3.8) is 0 Å². The monoisotopic (exact) mass is 536 g/mol. The van der Waals surface area contributed by atoms with E-state index in [9.17, 15) is 9.59 Å². The Hall–Kier alpha value is -1.58. The molecule has 6 nitrogen and oxygen atoms in total. The van der Waals surface area contributed by atoms with Gasteiger partial charge < -0.3 is 21.3 Å². The predicted octanol–water partition coefficient (Wildman–Crippen LogP) is 4.82. The number of carbonyl (C=O) groups is 2. The molecule has 2 rings (SSSR count). The number of alkyl halides is 3. The van der Waals surface area contributed by atoms with Crippen LogP contribution in [-0.2, 0) is 4.79 Å². The average Bonchev–Trinajstić information content (AvgIpc) is 2.61. The van der Waals surface area contributed by atoms with E-state index in [1.165, 1.54) is 6.92 Å². The van der Waals surface area contributed by atoms with Crippen LogP contribution in [0.2, 0.25) is 0 Å². The summed E-state index contributed by atoms with van der Waals surface area (Å²) >= 11 is 26.5. The van der Waals surface area contributed by atoms with Crippen LogP contribution in [0.25, 0.3) is 0 Å². The minimum atomic E-state index is -1.87. The van der Waals surface area contributed by atoms with E-state index in [0.29, 0.717) is 16.9 Å². The molecule has 0 saturated carbocycles. The standard InChI is InChI=1S/C18H16BrCl3N4O2S/c1-10(27)23-13-5-7-14(8-6-13)24-17(29)26-16(18(20,21)22)25-15(28)11-3-2-4-12(19)9-11/h2-9,16H,1H3,(H,23,27)(H,25,28)(H2,24,26,29)/t16-/m1/s1. The van der Waals surface area contributed by atoms with Gasteiger partial charge in [-0.3, -0.25) is 9.59 Å². The third-order valence-electron chi connectivity index (χ3n) is 3.43. The summed E-state index contributed by atoms with van der Waals surface area (Å²) in [5.41, 5.74) is 1.66. The van der Waals surface area contributed by atoms with Crippen molar-refractivity contribution < 1.29 is 9.59 Å². The van der Waals surface area contributed by atoms with Crippen molar-refractivity contribution in [2.24, 2.45) is 0 Å². The van der Waals surface area contributed by atoms with Gasteiger partial charge in [-0.2, -0.15) is 0 Å². The molecule has 0 aliphatic carbocycles. The lowest BCUT2D eigenvalue weighted by Crippen LogP contribution is -2.56. The Bertz CT molecular complexity index is 907. The fourth-order valence-corrected chi connectivity index (χ4v) is 3.14. The molecule has 4 N–H and O–H groups in total. The molecule has 0 saturated heterocycles. The smallest absolute Gasteiger partial charge is 0.253 e.